The van der Waals surface area contributed by atoms with Crippen molar-refractivity contribution in [3.63, 3.8) is 0 Å². The number of aromatic nitrogens is 1. The molecule has 0 saturated carbocycles. The first-order chi connectivity index (χ1) is 7.74. The molecule has 0 saturated heterocycles. The molecule has 0 aliphatic carbocycles. The molecule has 0 atom stereocenters. The molecule has 1 amide bonds. The molecule has 0 radical (unpaired) electrons. The predicted octanol–water partition coefficient (Wildman–Crippen LogP) is 1.69. The second-order valence-electron chi connectivity index (χ2n) is 3.39. The Morgan fingerprint density at radius 2 is 2.25 bits per heavy atom. The summed E-state index contributed by atoms with van der Waals surface area (Å²) in [6, 6.07) is 6.60. The second kappa shape index (κ2) is 4.18. The van der Waals surface area contributed by atoms with Crippen LogP contribution in [0.25, 0.3) is 10.9 Å². The molecule has 1 aromatic carbocycles. The van der Waals surface area contributed by atoms with Crippen LogP contribution < -0.4 is 5.32 Å². The number of phenols is 1. The highest BCUT2D eigenvalue weighted by Crippen LogP contribution is 2.25. The zero-order valence-corrected chi connectivity index (χ0v) is 8.90. The van der Waals surface area contributed by atoms with Gasteiger partial charge < -0.3 is 10.4 Å². The number of nitrogens with zero attached hydrogens (tertiary/aromatic N) is 1. The van der Waals surface area contributed by atoms with Crippen molar-refractivity contribution in [2.45, 2.75) is 6.92 Å². The highest BCUT2D eigenvalue weighted by atomic mass is 16.3. The van der Waals surface area contributed by atoms with Gasteiger partial charge in [0.15, 0.2) is 0 Å². The number of benzene rings is 1. The summed E-state index contributed by atoms with van der Waals surface area (Å²) in [5.41, 5.74) is 0.981. The summed E-state index contributed by atoms with van der Waals surface area (Å²) in [5.74, 6) is -0.0656. The molecular weight excluding hydrogens is 204 g/mol. The van der Waals surface area contributed by atoms with E-state index in [4.69, 9.17) is 0 Å². The average molecular weight is 216 g/mol. The molecule has 0 aliphatic rings. The molecule has 2 aromatic rings. The Bertz CT molecular complexity index is 538. The van der Waals surface area contributed by atoms with Gasteiger partial charge in [0.05, 0.1) is 0 Å². The molecular formula is C12H12N2O2. The van der Waals surface area contributed by atoms with Crippen LogP contribution in [-0.4, -0.2) is 22.5 Å². The molecule has 4 nitrogen and oxygen atoms in total. The van der Waals surface area contributed by atoms with Gasteiger partial charge in [-0.25, -0.2) is 0 Å². The Labute approximate surface area is 92.9 Å². The summed E-state index contributed by atoms with van der Waals surface area (Å²) in [7, 11) is 0. The lowest BCUT2D eigenvalue weighted by atomic mass is 10.1. The number of carbonyl (C=O) groups excluding carboxylic acids is 1. The van der Waals surface area contributed by atoms with E-state index in [1.165, 1.54) is 6.07 Å². The van der Waals surface area contributed by atoms with Gasteiger partial charge in [0.2, 0.25) is 0 Å². The topological polar surface area (TPSA) is 62.2 Å². The van der Waals surface area contributed by atoms with Gasteiger partial charge in [0.1, 0.15) is 11.3 Å². The van der Waals surface area contributed by atoms with Crippen LogP contribution in [0.15, 0.2) is 30.5 Å². The third kappa shape index (κ3) is 1.69. The summed E-state index contributed by atoms with van der Waals surface area (Å²) in [6.07, 6.45) is 1.59. The first kappa shape index (κ1) is 10.4. The minimum atomic E-state index is -0.152. The van der Waals surface area contributed by atoms with Gasteiger partial charge >= 0.3 is 0 Å². The number of hydrogen-bond acceptors (Lipinski definition) is 3. The number of pyridine rings is 1. The van der Waals surface area contributed by atoms with E-state index < -0.39 is 0 Å². The average Bonchev–Trinajstić information content (AvgIpc) is 2.30. The quantitative estimate of drug-likeness (QED) is 0.803. The van der Waals surface area contributed by atoms with Crippen molar-refractivity contribution >= 4 is 16.8 Å². The molecule has 1 heterocycles. The monoisotopic (exact) mass is 216 g/mol. The van der Waals surface area contributed by atoms with Crippen LogP contribution >= 0.6 is 0 Å². The standard InChI is InChI=1S/C12H12N2O2/c1-2-13-12(16)9-5-6-10(15)11-8(9)4-3-7-14-11/h3-7,15H,2H2,1H3,(H,13,16). The molecule has 0 bridgehead atoms. The number of amides is 1. The lowest BCUT2D eigenvalue weighted by Gasteiger charge is -2.06. The maximum atomic E-state index is 11.7. The van der Waals surface area contributed by atoms with Crippen LogP contribution in [0.2, 0.25) is 0 Å². The van der Waals surface area contributed by atoms with E-state index in [1.807, 2.05) is 6.92 Å². The van der Waals surface area contributed by atoms with Gasteiger partial charge in [0, 0.05) is 23.7 Å². The van der Waals surface area contributed by atoms with Gasteiger partial charge in [0.25, 0.3) is 5.91 Å². The second-order valence-corrected chi connectivity index (χ2v) is 3.39. The SMILES string of the molecule is CCNC(=O)c1ccc(O)c2ncccc12. The Balaban J connectivity index is 2.63. The Kier molecular flexibility index (Phi) is 2.72. The number of aromatic hydroxyl groups is 1. The van der Waals surface area contributed by atoms with E-state index in [9.17, 15) is 9.90 Å². The van der Waals surface area contributed by atoms with E-state index in [0.717, 1.165) is 0 Å². The molecule has 0 spiro atoms. The zero-order valence-electron chi connectivity index (χ0n) is 8.90. The minimum absolute atomic E-state index is 0.0867. The third-order valence-electron chi connectivity index (χ3n) is 2.33. The van der Waals surface area contributed by atoms with Crippen molar-refractivity contribution < 1.29 is 9.90 Å². The first-order valence-electron chi connectivity index (χ1n) is 5.09. The van der Waals surface area contributed by atoms with E-state index in [1.54, 1.807) is 24.4 Å². The smallest absolute Gasteiger partial charge is 0.251 e. The van der Waals surface area contributed by atoms with Gasteiger partial charge in [-0.3, -0.25) is 9.78 Å². The van der Waals surface area contributed by atoms with Crippen molar-refractivity contribution in [2.24, 2.45) is 0 Å². The van der Waals surface area contributed by atoms with E-state index in [2.05, 4.69) is 10.3 Å². The normalized spacial score (nSPS) is 10.3. The Morgan fingerprint density at radius 1 is 1.44 bits per heavy atom. The van der Waals surface area contributed by atoms with Crippen LogP contribution in [0.4, 0.5) is 0 Å². The maximum Gasteiger partial charge on any atom is 0.251 e. The van der Waals surface area contributed by atoms with E-state index in [-0.39, 0.29) is 11.7 Å². The zero-order chi connectivity index (χ0) is 11.5. The Hall–Kier alpha value is -2.10. The fourth-order valence-corrected chi connectivity index (χ4v) is 1.61. The number of phenolic OH excluding ortho intramolecular Hbond substituents is 1. The molecule has 4 heteroatoms. The van der Waals surface area contributed by atoms with Gasteiger partial charge in [-0.1, -0.05) is 6.07 Å². The predicted molar refractivity (Wildman–Crippen MR) is 61.4 cm³/mol. The molecule has 1 aromatic heterocycles. The molecule has 0 aliphatic heterocycles. The highest BCUT2D eigenvalue weighted by Gasteiger charge is 2.11. The third-order valence-corrected chi connectivity index (χ3v) is 2.33. The molecule has 0 fully saturated rings. The number of rotatable bonds is 2. The van der Waals surface area contributed by atoms with Crippen molar-refractivity contribution in [1.82, 2.24) is 10.3 Å². The maximum absolute atomic E-state index is 11.7. The lowest BCUT2D eigenvalue weighted by Crippen LogP contribution is -2.22. The van der Waals surface area contributed by atoms with Gasteiger partial charge in [-0.15, -0.1) is 0 Å². The lowest BCUT2D eigenvalue weighted by molar-refractivity contribution is 0.0957. The molecule has 2 N–H and O–H groups in total. The van der Waals surface area contributed by atoms with Crippen molar-refractivity contribution in [3.8, 4) is 5.75 Å². The number of carbonyl (C=O) groups is 1. The largest absolute Gasteiger partial charge is 0.506 e. The molecule has 82 valence electrons. The fraction of sp³-hybridized carbons (Fsp3) is 0.167. The minimum Gasteiger partial charge on any atom is -0.506 e. The van der Waals surface area contributed by atoms with Gasteiger partial charge in [-0.05, 0) is 25.1 Å². The first-order valence-corrected chi connectivity index (χ1v) is 5.09. The van der Waals surface area contributed by atoms with Crippen LogP contribution in [0.5, 0.6) is 5.75 Å². The van der Waals surface area contributed by atoms with Crippen LogP contribution in [0, 0.1) is 0 Å². The van der Waals surface area contributed by atoms with Crippen LogP contribution in [0.3, 0.4) is 0 Å². The molecule has 16 heavy (non-hydrogen) atoms. The number of hydrogen-bond donors (Lipinski definition) is 2. The summed E-state index contributed by atoms with van der Waals surface area (Å²) < 4.78 is 0. The van der Waals surface area contributed by atoms with Crippen LogP contribution in [-0.2, 0) is 0 Å². The van der Waals surface area contributed by atoms with Crippen molar-refractivity contribution in [1.29, 1.82) is 0 Å². The van der Waals surface area contributed by atoms with Crippen molar-refractivity contribution in [3.05, 3.63) is 36.0 Å². The number of nitrogens with one attached hydrogen (secondary N) is 1. The summed E-state index contributed by atoms with van der Waals surface area (Å²) in [6.45, 7) is 2.43. The van der Waals surface area contributed by atoms with Crippen LogP contribution in [0.1, 0.15) is 17.3 Å². The van der Waals surface area contributed by atoms with E-state index in [0.29, 0.717) is 23.0 Å². The summed E-state index contributed by atoms with van der Waals surface area (Å²) in [5, 5.41) is 13.0. The summed E-state index contributed by atoms with van der Waals surface area (Å²) >= 11 is 0. The van der Waals surface area contributed by atoms with Crippen molar-refractivity contribution in [2.75, 3.05) is 6.54 Å². The highest BCUT2D eigenvalue weighted by molar-refractivity contribution is 6.07. The number of fused-ring (bicyclic) bond motifs is 1. The molecule has 0 unspecified atom stereocenters. The fourth-order valence-electron chi connectivity index (χ4n) is 1.61. The Morgan fingerprint density at radius 3 is 3.00 bits per heavy atom. The molecule has 2 rings (SSSR count). The van der Waals surface area contributed by atoms with E-state index >= 15 is 0 Å². The van der Waals surface area contributed by atoms with Gasteiger partial charge in [-0.2, -0.15) is 0 Å². The summed E-state index contributed by atoms with van der Waals surface area (Å²) in [4.78, 5) is 15.8.